The molecule has 3 N–H and O–H groups in total. The summed E-state index contributed by atoms with van der Waals surface area (Å²) >= 11 is 11.0. The monoisotopic (exact) mass is 216 g/mol. The third-order valence-corrected chi connectivity index (χ3v) is 1.56. The lowest BCUT2D eigenvalue weighted by molar-refractivity contribution is 0.312. The van der Waals surface area contributed by atoms with Gasteiger partial charge in [0.05, 0.1) is 0 Å². The molecule has 0 aromatic heterocycles. The largest absolute Gasteiger partial charge is 0.379 e. The van der Waals surface area contributed by atoms with Gasteiger partial charge < -0.3 is 10.9 Å². The molecule has 0 atom stereocenters. The molecule has 0 unspecified atom stereocenters. The molecule has 0 aromatic carbocycles. The van der Waals surface area contributed by atoms with E-state index in [0.717, 1.165) is 32.2 Å². The van der Waals surface area contributed by atoms with Crippen molar-refractivity contribution in [3.63, 3.8) is 0 Å². The van der Waals surface area contributed by atoms with Crippen LogP contribution in [0.25, 0.3) is 0 Å². The van der Waals surface area contributed by atoms with Crippen LogP contribution >= 0.6 is 23.2 Å². The molecule has 0 bridgehead atoms. The van der Waals surface area contributed by atoms with Gasteiger partial charge in [-0.15, -0.1) is 28.1 Å². The Labute approximate surface area is 82.0 Å². The molecule has 0 heterocycles. The summed E-state index contributed by atoms with van der Waals surface area (Å²) in [6.07, 6.45) is 4.21. The van der Waals surface area contributed by atoms with Crippen LogP contribution in [0.4, 0.5) is 0 Å². The van der Waals surface area contributed by atoms with E-state index in [0.29, 0.717) is 0 Å². The van der Waals surface area contributed by atoms with E-state index in [2.05, 4.69) is 0 Å². The lowest BCUT2D eigenvalue weighted by Crippen LogP contribution is -1.98. The van der Waals surface area contributed by atoms with Gasteiger partial charge in [-0.25, -0.2) is 0 Å². The Bertz CT molecular complexity index is 93.6. The second-order valence-corrected chi connectivity index (χ2v) is 3.39. The first kappa shape index (κ1) is 14.5. The zero-order valence-corrected chi connectivity index (χ0v) is 8.26. The highest BCUT2D eigenvalue weighted by atomic mass is 35.5. The number of unbranched alkanes of at least 4 members (excludes halogenated alkanes) is 2. The molecule has 74 valence electrons. The summed E-state index contributed by atoms with van der Waals surface area (Å²) in [6.45, 7) is 0.773. The second-order valence-electron chi connectivity index (χ2n) is 2.11. The predicted molar refractivity (Wildman–Crippen MR) is 50.6 cm³/mol. The predicted octanol–water partition coefficient (Wildman–Crippen LogP) is 2.45. The summed E-state index contributed by atoms with van der Waals surface area (Å²) in [6, 6.07) is 0. The maximum Gasteiger partial charge on any atom is 0.152 e. The molecule has 0 aromatic rings. The van der Waals surface area contributed by atoms with Gasteiger partial charge in [-0.3, -0.25) is 0 Å². The van der Waals surface area contributed by atoms with Crippen LogP contribution in [0.15, 0.2) is 5.34 Å². The lowest BCUT2D eigenvalue weighted by Gasteiger charge is -1.98. The molecule has 0 aliphatic rings. The van der Waals surface area contributed by atoms with Crippen LogP contribution in [0, 0.1) is 4.91 Å². The topological polar surface area (TPSA) is 75.7 Å². The Balaban J connectivity index is 0. The van der Waals surface area contributed by atoms with Crippen LogP contribution in [-0.2, 0) is 0 Å². The molecule has 0 saturated heterocycles. The van der Waals surface area contributed by atoms with E-state index in [1.54, 1.807) is 0 Å². The summed E-state index contributed by atoms with van der Waals surface area (Å²) < 4.78 is 0. The fourth-order valence-electron chi connectivity index (χ4n) is 0.620. The lowest BCUT2D eigenvalue weighted by atomic mass is 10.2. The van der Waals surface area contributed by atoms with E-state index >= 15 is 0 Å². The molecule has 0 saturated carbocycles. The van der Waals surface area contributed by atoms with Gasteiger partial charge in [0.2, 0.25) is 0 Å². The molecule has 4 nitrogen and oxygen atoms in total. The number of alkyl halides is 2. The maximum absolute atomic E-state index is 8.11. The number of hydrogen-bond acceptors (Lipinski definition) is 3. The van der Waals surface area contributed by atoms with Crippen molar-refractivity contribution in [3.8, 4) is 0 Å². The van der Waals surface area contributed by atoms with E-state index < -0.39 is 0 Å². The van der Waals surface area contributed by atoms with Gasteiger partial charge in [0.1, 0.15) is 4.84 Å². The van der Waals surface area contributed by atoms with Crippen LogP contribution in [0.3, 0.4) is 0 Å². The Morgan fingerprint density at radius 3 is 2.17 bits per heavy atom. The van der Waals surface area contributed by atoms with Crippen molar-refractivity contribution >= 4 is 23.2 Å². The number of nitrogens with zero attached hydrogens (tertiary/aromatic N) is 1. The normalized spacial score (nSPS) is 9.00. The average Bonchev–Trinajstić information content (AvgIpc) is 1.99. The van der Waals surface area contributed by atoms with Crippen molar-refractivity contribution in [2.45, 2.75) is 30.5 Å². The fraction of sp³-hybridized carbons (Fsp3) is 1.00. The van der Waals surface area contributed by atoms with Crippen molar-refractivity contribution in [3.05, 3.63) is 4.91 Å². The van der Waals surface area contributed by atoms with Crippen LogP contribution in [0.2, 0.25) is 0 Å². The van der Waals surface area contributed by atoms with Gasteiger partial charge in [0.25, 0.3) is 0 Å². The minimum Gasteiger partial charge on any atom is -0.379 e. The zero-order valence-electron chi connectivity index (χ0n) is 6.75. The number of nitrogens with two attached hydrogens (primary N) is 1. The zero-order chi connectivity index (χ0) is 9.82. The summed E-state index contributed by atoms with van der Waals surface area (Å²) in [7, 11) is 0. The molecule has 0 fully saturated rings. The highest BCUT2D eigenvalue weighted by Gasteiger charge is 1.96. The molecule has 0 amide bonds. The molecule has 6 heteroatoms. The average molecular weight is 217 g/mol. The third kappa shape index (κ3) is 22.5. The molecule has 0 aliphatic heterocycles. The molecule has 12 heavy (non-hydrogen) atoms. The highest BCUT2D eigenvalue weighted by Crippen LogP contribution is 2.11. The molecule has 0 rings (SSSR count). The van der Waals surface area contributed by atoms with Crippen LogP contribution in [0.1, 0.15) is 25.7 Å². The van der Waals surface area contributed by atoms with E-state index in [-0.39, 0.29) is 4.84 Å². The minimum absolute atomic E-state index is 0.192. The van der Waals surface area contributed by atoms with E-state index in [4.69, 9.17) is 39.0 Å². The SMILES string of the molecule is NCCCCCC(Cl)Cl.O=NO. The van der Waals surface area contributed by atoms with Crippen LogP contribution in [0.5, 0.6) is 0 Å². The summed E-state index contributed by atoms with van der Waals surface area (Å²) in [5, 5.41) is 7.89. The van der Waals surface area contributed by atoms with Crippen LogP contribution in [-0.4, -0.2) is 16.6 Å². The summed E-state index contributed by atoms with van der Waals surface area (Å²) in [5.41, 5.74) is 5.28. The quantitative estimate of drug-likeness (QED) is 0.321. The highest BCUT2D eigenvalue weighted by molar-refractivity contribution is 6.44. The first-order chi connectivity index (χ1) is 5.68. The summed E-state index contributed by atoms with van der Waals surface area (Å²) in [4.78, 5) is 7.92. The number of rotatable bonds is 5. The fourth-order valence-corrected chi connectivity index (χ4v) is 0.928. The van der Waals surface area contributed by atoms with Gasteiger partial charge in [0.15, 0.2) is 5.34 Å². The molecule has 0 radical (unpaired) electrons. The van der Waals surface area contributed by atoms with Gasteiger partial charge in [-0.1, -0.05) is 12.8 Å². The Morgan fingerprint density at radius 1 is 1.33 bits per heavy atom. The standard InChI is InChI=1S/C6H13Cl2N.HNO2/c7-6(8)4-2-1-3-5-9;2-1-3/h6H,1-5,9H2;(H,2,3). The van der Waals surface area contributed by atoms with Gasteiger partial charge in [-0.05, 0) is 19.4 Å². The summed E-state index contributed by atoms with van der Waals surface area (Å²) in [5.74, 6) is 0. The molecular weight excluding hydrogens is 203 g/mol. The van der Waals surface area contributed by atoms with Crippen molar-refractivity contribution < 1.29 is 5.21 Å². The molecule has 0 spiro atoms. The first-order valence-electron chi connectivity index (χ1n) is 3.64. The van der Waals surface area contributed by atoms with Crippen molar-refractivity contribution in [2.75, 3.05) is 6.54 Å². The molecular formula is C6H14Cl2N2O2. The maximum atomic E-state index is 8.11. The smallest absolute Gasteiger partial charge is 0.152 e. The van der Waals surface area contributed by atoms with Gasteiger partial charge >= 0.3 is 0 Å². The molecule has 0 aliphatic carbocycles. The van der Waals surface area contributed by atoms with Crippen LogP contribution < -0.4 is 5.73 Å². The van der Waals surface area contributed by atoms with Crippen molar-refractivity contribution in [2.24, 2.45) is 11.1 Å². The Kier molecular flexibility index (Phi) is 16.3. The second kappa shape index (κ2) is 13.5. The van der Waals surface area contributed by atoms with E-state index in [1.165, 1.54) is 5.34 Å². The van der Waals surface area contributed by atoms with Gasteiger partial charge in [0, 0.05) is 0 Å². The van der Waals surface area contributed by atoms with Crippen molar-refractivity contribution in [1.29, 1.82) is 0 Å². The Hall–Kier alpha value is -0.0600. The first-order valence-corrected chi connectivity index (χ1v) is 4.51. The third-order valence-electron chi connectivity index (χ3n) is 1.13. The van der Waals surface area contributed by atoms with Gasteiger partial charge in [-0.2, -0.15) is 0 Å². The Morgan fingerprint density at radius 2 is 1.83 bits per heavy atom. The minimum atomic E-state index is -0.192. The number of halogens is 2. The van der Waals surface area contributed by atoms with E-state index in [1.807, 2.05) is 0 Å². The van der Waals surface area contributed by atoms with Crippen molar-refractivity contribution in [1.82, 2.24) is 0 Å². The van der Waals surface area contributed by atoms with E-state index in [9.17, 15) is 0 Å². The number of hydrogen-bond donors (Lipinski definition) is 2.